The molecule has 9 aromatic carbocycles. The number of hydrogen-bond donors (Lipinski definition) is 2. The van der Waals surface area contributed by atoms with Crippen molar-refractivity contribution in [3.05, 3.63) is 212 Å². The van der Waals surface area contributed by atoms with Gasteiger partial charge >= 0.3 is 0 Å². The van der Waals surface area contributed by atoms with E-state index in [0.717, 1.165) is 29.3 Å². The van der Waals surface area contributed by atoms with Crippen LogP contribution in [0.25, 0.3) is 98.6 Å². The predicted molar refractivity (Wildman–Crippen MR) is 278 cm³/mol. The first kappa shape index (κ1) is 39.0. The molecule has 0 saturated carbocycles. The summed E-state index contributed by atoms with van der Waals surface area (Å²) in [4.78, 5) is 6.99. The van der Waals surface area contributed by atoms with Crippen LogP contribution in [0.4, 0.5) is 0 Å². The van der Waals surface area contributed by atoms with Crippen LogP contribution in [-0.4, -0.2) is 19.1 Å². The highest BCUT2D eigenvalue weighted by Gasteiger charge is 2.18. The fourth-order valence-electron chi connectivity index (χ4n) is 8.87. The number of fused-ring (bicyclic) bond motifs is 12. The lowest BCUT2D eigenvalue weighted by atomic mass is 10.1. The van der Waals surface area contributed by atoms with Gasteiger partial charge in [-0.15, -0.1) is 0 Å². The van der Waals surface area contributed by atoms with Gasteiger partial charge in [0.2, 0.25) is 0 Å². The summed E-state index contributed by atoms with van der Waals surface area (Å²) in [7, 11) is 0. The molecule has 62 heavy (non-hydrogen) atoms. The second-order valence-electron chi connectivity index (χ2n) is 15.3. The largest absolute Gasteiger partial charge is 0.354 e. The van der Waals surface area contributed by atoms with E-state index in [-0.39, 0.29) is 0 Å². The van der Waals surface area contributed by atoms with Gasteiger partial charge in [-0.05, 0) is 103 Å². The summed E-state index contributed by atoms with van der Waals surface area (Å²) >= 11 is 14.0. The number of rotatable bonds is 2. The van der Waals surface area contributed by atoms with Gasteiger partial charge in [0.1, 0.15) is 0 Å². The van der Waals surface area contributed by atoms with E-state index in [2.05, 4.69) is 253 Å². The molecule has 0 amide bonds. The Morgan fingerprint density at radius 3 is 1.08 bits per heavy atom. The third kappa shape index (κ3) is 6.95. The van der Waals surface area contributed by atoms with Crippen molar-refractivity contribution in [3.8, 4) is 11.4 Å². The number of aromatic nitrogens is 4. The number of H-pyrrole nitrogens is 2. The van der Waals surface area contributed by atoms with E-state index in [1.54, 1.807) is 0 Å². The van der Waals surface area contributed by atoms with Crippen LogP contribution in [-0.2, 0) is 0 Å². The molecule has 0 aliphatic rings. The monoisotopic (exact) mass is 1050 g/mol. The van der Waals surface area contributed by atoms with Gasteiger partial charge in [0.05, 0.1) is 22.1 Å². The van der Waals surface area contributed by atoms with Gasteiger partial charge in [0, 0.05) is 94.4 Å². The zero-order chi connectivity index (χ0) is 41.9. The van der Waals surface area contributed by atoms with Crippen molar-refractivity contribution in [1.29, 1.82) is 0 Å². The Morgan fingerprint density at radius 2 is 0.645 bits per heavy atom. The Kier molecular flexibility index (Phi) is 10.1. The topological polar surface area (TPSA) is 41.4 Å². The number of benzene rings is 9. The average molecular weight is 1060 g/mol. The van der Waals surface area contributed by atoms with E-state index < -0.39 is 0 Å². The van der Waals surface area contributed by atoms with Crippen molar-refractivity contribution >= 4 is 151 Å². The molecular formula is C54H34Br4N4. The molecule has 0 saturated heterocycles. The maximum Gasteiger partial charge on any atom is 0.0562 e. The smallest absolute Gasteiger partial charge is 0.0562 e. The molecule has 13 rings (SSSR count). The minimum Gasteiger partial charge on any atom is -0.354 e. The molecule has 0 aliphatic carbocycles. The van der Waals surface area contributed by atoms with Crippen molar-refractivity contribution in [2.75, 3.05) is 0 Å². The molecule has 0 unspecified atom stereocenters. The Hall–Kier alpha value is -5.90. The molecule has 4 heterocycles. The molecular weight excluding hydrogens is 1020 g/mol. The van der Waals surface area contributed by atoms with Gasteiger partial charge in [-0.2, -0.15) is 0 Å². The number of aromatic amines is 2. The van der Waals surface area contributed by atoms with Crippen LogP contribution in [0.2, 0.25) is 0 Å². The van der Waals surface area contributed by atoms with Crippen molar-refractivity contribution in [2.45, 2.75) is 0 Å². The third-order valence-electron chi connectivity index (χ3n) is 11.5. The van der Waals surface area contributed by atoms with Crippen LogP contribution in [0.15, 0.2) is 212 Å². The van der Waals surface area contributed by atoms with Crippen LogP contribution in [0.5, 0.6) is 0 Å². The Bertz CT molecular complexity index is 3600. The molecule has 2 N–H and O–H groups in total. The molecule has 0 fully saturated rings. The third-order valence-corrected chi connectivity index (χ3v) is 13.5. The Balaban J connectivity index is 0.000000129. The van der Waals surface area contributed by atoms with Gasteiger partial charge in [-0.1, -0.05) is 155 Å². The van der Waals surface area contributed by atoms with E-state index in [1.165, 1.54) is 87.2 Å². The molecule has 0 atom stereocenters. The van der Waals surface area contributed by atoms with Gasteiger partial charge in [-0.3, -0.25) is 0 Å². The Labute approximate surface area is 390 Å². The Morgan fingerprint density at radius 1 is 0.258 bits per heavy atom. The minimum absolute atomic E-state index is 1.07. The molecule has 0 spiro atoms. The van der Waals surface area contributed by atoms with E-state index >= 15 is 0 Å². The van der Waals surface area contributed by atoms with Gasteiger partial charge < -0.3 is 19.1 Å². The quantitative estimate of drug-likeness (QED) is 0.173. The average Bonchev–Trinajstić information content (AvgIpc) is 4.02. The van der Waals surface area contributed by atoms with E-state index in [4.69, 9.17) is 0 Å². The second-order valence-corrected chi connectivity index (χ2v) is 18.9. The number of halogens is 4. The summed E-state index contributed by atoms with van der Waals surface area (Å²) in [6, 6.07) is 68.5. The molecule has 0 bridgehead atoms. The lowest BCUT2D eigenvalue weighted by molar-refractivity contribution is 1.16. The number of hydrogen-bond acceptors (Lipinski definition) is 0. The summed E-state index contributed by atoms with van der Waals surface area (Å²) in [5, 5.41) is 10.2. The van der Waals surface area contributed by atoms with Crippen LogP contribution in [0.1, 0.15) is 0 Å². The summed E-state index contributed by atoms with van der Waals surface area (Å²) < 4.78 is 9.09. The van der Waals surface area contributed by atoms with Crippen LogP contribution < -0.4 is 0 Å². The van der Waals surface area contributed by atoms with Crippen molar-refractivity contribution in [3.63, 3.8) is 0 Å². The highest BCUT2D eigenvalue weighted by Crippen LogP contribution is 2.40. The first-order valence-corrected chi connectivity index (χ1v) is 23.4. The molecule has 0 radical (unpaired) electrons. The van der Waals surface area contributed by atoms with Crippen LogP contribution in [0.3, 0.4) is 0 Å². The van der Waals surface area contributed by atoms with Gasteiger partial charge in [-0.25, -0.2) is 0 Å². The van der Waals surface area contributed by atoms with Crippen molar-refractivity contribution in [2.24, 2.45) is 0 Å². The molecule has 298 valence electrons. The lowest BCUT2D eigenvalue weighted by Crippen LogP contribution is -1.96. The number of para-hydroxylation sites is 4. The molecule has 8 heteroatoms. The van der Waals surface area contributed by atoms with Crippen molar-refractivity contribution in [1.82, 2.24) is 19.1 Å². The van der Waals surface area contributed by atoms with Crippen LogP contribution in [0, 0.1) is 0 Å². The first-order chi connectivity index (χ1) is 30.4. The fraction of sp³-hybridized carbons (Fsp3) is 0. The van der Waals surface area contributed by atoms with E-state index in [1.807, 2.05) is 24.3 Å². The van der Waals surface area contributed by atoms with Gasteiger partial charge in [0.15, 0.2) is 0 Å². The minimum atomic E-state index is 1.07. The standard InChI is InChI=1S/C30H18Br2N2.C18H12N2.C6H4Br2/c31-19-7-5-9-21(15-19)33-27-13-3-1-11-23(27)25-17-26-24-12-2-4-14-28(24)34(30(26)18-29(25)33)22-10-6-8-20(32)16-22;1-3-7-15-11(5-1)13-9-14-12-6-2-4-8-16(12)20-18(14)10-17(13)19-15;7-5-2-1-3-6(8)4-5/h1-18H;1-10,19-20H;1-4H. The highest BCUT2D eigenvalue weighted by atomic mass is 79.9. The fourth-order valence-corrected chi connectivity index (χ4v) is 10.8. The molecule has 4 nitrogen and oxygen atoms in total. The highest BCUT2D eigenvalue weighted by molar-refractivity contribution is 9.11. The van der Waals surface area contributed by atoms with E-state index in [0.29, 0.717) is 0 Å². The summed E-state index contributed by atoms with van der Waals surface area (Å²) in [6.07, 6.45) is 0. The summed E-state index contributed by atoms with van der Waals surface area (Å²) in [6.45, 7) is 0. The maximum absolute atomic E-state index is 3.67. The maximum atomic E-state index is 3.67. The number of nitrogens with zero attached hydrogens (tertiary/aromatic N) is 2. The molecule has 13 aromatic rings. The van der Waals surface area contributed by atoms with E-state index in [9.17, 15) is 0 Å². The molecule has 4 aromatic heterocycles. The van der Waals surface area contributed by atoms with Crippen LogP contribution >= 0.6 is 63.7 Å². The van der Waals surface area contributed by atoms with Gasteiger partial charge in [0.25, 0.3) is 0 Å². The zero-order valence-corrected chi connectivity index (χ0v) is 39.2. The SMILES string of the molecule is Brc1cccc(-n2c3ccccc3c3cc4c5ccccc5n(-c5cccc(Br)c5)c4cc32)c1.Brc1cccc(Br)c1.c1ccc2c(c1)[nH]c1cc3[nH]c4ccccc4c3cc12. The summed E-state index contributed by atoms with van der Waals surface area (Å²) in [5.41, 5.74) is 11.9. The zero-order valence-electron chi connectivity index (χ0n) is 32.9. The summed E-state index contributed by atoms with van der Waals surface area (Å²) in [5.74, 6) is 0. The first-order valence-electron chi connectivity index (χ1n) is 20.2. The second kappa shape index (κ2) is 16.1. The number of nitrogens with one attached hydrogen (secondary N) is 2. The lowest BCUT2D eigenvalue weighted by Gasteiger charge is -2.10. The normalized spacial score (nSPS) is 11.5. The molecule has 0 aliphatic heterocycles. The van der Waals surface area contributed by atoms with Crippen molar-refractivity contribution < 1.29 is 0 Å². The predicted octanol–water partition coefficient (Wildman–Crippen LogP) is 17.6.